The van der Waals surface area contributed by atoms with Crippen LogP contribution in [0.5, 0.6) is 0 Å². The molecule has 1 aromatic heterocycles. The molecule has 6 nitrogen and oxygen atoms in total. The number of nitrogens with zero attached hydrogens (tertiary/aromatic N) is 2. The number of carboxylic acids is 1. The van der Waals surface area contributed by atoms with Crippen LogP contribution in [0.25, 0.3) is 11.3 Å². The van der Waals surface area contributed by atoms with Crippen molar-refractivity contribution in [3.8, 4) is 11.3 Å². The van der Waals surface area contributed by atoms with E-state index in [2.05, 4.69) is 5.10 Å². The molecule has 0 amide bonds. The van der Waals surface area contributed by atoms with Crippen molar-refractivity contribution in [1.82, 2.24) is 9.78 Å². The van der Waals surface area contributed by atoms with E-state index in [1.165, 1.54) is 10.7 Å². The number of aromatic carboxylic acids is 1. The summed E-state index contributed by atoms with van der Waals surface area (Å²) in [6, 6.07) is 6.65. The Morgan fingerprint density at radius 3 is 2.80 bits per heavy atom. The summed E-state index contributed by atoms with van der Waals surface area (Å²) in [5.74, 6) is -1.04. The van der Waals surface area contributed by atoms with Gasteiger partial charge >= 0.3 is 5.97 Å². The summed E-state index contributed by atoms with van der Waals surface area (Å²) in [5, 5.41) is 12.9. The molecule has 2 heterocycles. The van der Waals surface area contributed by atoms with Gasteiger partial charge in [-0.3, -0.25) is 4.68 Å². The Morgan fingerprint density at radius 1 is 1.40 bits per heavy atom. The van der Waals surface area contributed by atoms with Crippen LogP contribution in [0.4, 0.5) is 0 Å². The summed E-state index contributed by atoms with van der Waals surface area (Å²) in [5.41, 5.74) is 1.68. The number of hydrogen-bond acceptors (Lipinski definition) is 4. The Hall–Kier alpha value is -2.15. The summed E-state index contributed by atoms with van der Waals surface area (Å²) < 4.78 is 25.7. The zero-order valence-corrected chi connectivity index (χ0v) is 11.5. The van der Waals surface area contributed by atoms with Crippen molar-refractivity contribution in [3.05, 3.63) is 35.5 Å². The highest BCUT2D eigenvalue weighted by atomic mass is 32.2. The molecule has 0 atom stereocenters. The predicted molar refractivity (Wildman–Crippen MR) is 71.4 cm³/mol. The molecule has 0 spiro atoms. The van der Waals surface area contributed by atoms with Crippen LogP contribution in [-0.4, -0.2) is 35.0 Å². The van der Waals surface area contributed by atoms with Gasteiger partial charge in [-0.2, -0.15) is 5.10 Å². The third kappa shape index (κ3) is 1.82. The number of aromatic nitrogens is 2. The SMILES string of the molecule is Cn1nc(C(=O)O)cc1-c1cccc2c1S(=O)(=O)CC2. The molecule has 0 saturated heterocycles. The van der Waals surface area contributed by atoms with Gasteiger partial charge in [0.2, 0.25) is 0 Å². The molecule has 1 N–H and O–H groups in total. The van der Waals surface area contributed by atoms with Crippen molar-refractivity contribution in [1.29, 1.82) is 0 Å². The van der Waals surface area contributed by atoms with Crippen molar-refractivity contribution >= 4 is 15.8 Å². The van der Waals surface area contributed by atoms with Gasteiger partial charge < -0.3 is 5.11 Å². The van der Waals surface area contributed by atoms with Gasteiger partial charge in [-0.1, -0.05) is 18.2 Å². The van der Waals surface area contributed by atoms with Crippen LogP contribution in [0.1, 0.15) is 16.1 Å². The second-order valence-electron chi connectivity index (χ2n) is 4.71. The minimum absolute atomic E-state index is 0.100. The smallest absolute Gasteiger partial charge is 0.356 e. The minimum atomic E-state index is -3.30. The predicted octanol–water partition coefficient (Wildman–Crippen LogP) is 1.12. The highest BCUT2D eigenvalue weighted by Gasteiger charge is 2.30. The number of carbonyl (C=O) groups is 1. The normalized spacial score (nSPS) is 16.1. The number of carboxylic acid groups (broad SMARTS) is 1. The van der Waals surface area contributed by atoms with Gasteiger partial charge in [-0.15, -0.1) is 0 Å². The van der Waals surface area contributed by atoms with Crippen LogP contribution in [0.2, 0.25) is 0 Å². The topological polar surface area (TPSA) is 89.3 Å². The lowest BCUT2D eigenvalue weighted by Crippen LogP contribution is -2.03. The van der Waals surface area contributed by atoms with E-state index in [1.807, 2.05) is 0 Å². The summed E-state index contributed by atoms with van der Waals surface area (Å²) in [6.07, 6.45) is 0.495. The Morgan fingerprint density at radius 2 is 2.15 bits per heavy atom. The molecule has 1 aromatic carbocycles. The molecule has 2 aromatic rings. The van der Waals surface area contributed by atoms with Crippen LogP contribution in [-0.2, 0) is 23.3 Å². The Labute approximate surface area is 115 Å². The average Bonchev–Trinajstić information content (AvgIpc) is 2.91. The summed E-state index contributed by atoms with van der Waals surface area (Å²) in [6.45, 7) is 0. The van der Waals surface area contributed by atoms with Crippen LogP contribution < -0.4 is 0 Å². The van der Waals surface area contributed by atoms with Crippen LogP contribution in [0, 0.1) is 0 Å². The Bertz CT molecular complexity index is 821. The molecule has 104 valence electrons. The molecular formula is C13H12N2O4S. The third-order valence-corrected chi connectivity index (χ3v) is 5.27. The number of sulfone groups is 1. The van der Waals surface area contributed by atoms with Gasteiger partial charge in [-0.25, -0.2) is 13.2 Å². The molecule has 0 saturated carbocycles. The van der Waals surface area contributed by atoms with E-state index in [-0.39, 0.29) is 11.4 Å². The van der Waals surface area contributed by atoms with Crippen molar-refractivity contribution in [2.75, 3.05) is 5.75 Å². The van der Waals surface area contributed by atoms with Gasteiger partial charge in [0, 0.05) is 12.6 Å². The zero-order valence-electron chi connectivity index (χ0n) is 10.7. The number of benzene rings is 1. The van der Waals surface area contributed by atoms with E-state index in [4.69, 9.17) is 5.11 Å². The molecule has 20 heavy (non-hydrogen) atoms. The Balaban J connectivity index is 2.28. The summed E-state index contributed by atoms with van der Waals surface area (Å²) in [7, 11) is -1.70. The van der Waals surface area contributed by atoms with E-state index in [0.717, 1.165) is 5.56 Å². The monoisotopic (exact) mass is 292 g/mol. The van der Waals surface area contributed by atoms with Gasteiger partial charge in [0.25, 0.3) is 0 Å². The van der Waals surface area contributed by atoms with Gasteiger partial charge in [0.1, 0.15) is 0 Å². The van der Waals surface area contributed by atoms with Crippen molar-refractivity contribution in [2.45, 2.75) is 11.3 Å². The molecular weight excluding hydrogens is 280 g/mol. The van der Waals surface area contributed by atoms with Crippen LogP contribution in [0.15, 0.2) is 29.2 Å². The van der Waals surface area contributed by atoms with Crippen molar-refractivity contribution < 1.29 is 18.3 Å². The average molecular weight is 292 g/mol. The van der Waals surface area contributed by atoms with Gasteiger partial charge in [0.15, 0.2) is 15.5 Å². The lowest BCUT2D eigenvalue weighted by atomic mass is 10.1. The number of hydrogen-bond donors (Lipinski definition) is 1. The highest BCUT2D eigenvalue weighted by molar-refractivity contribution is 7.91. The fraction of sp³-hybridized carbons (Fsp3) is 0.231. The highest BCUT2D eigenvalue weighted by Crippen LogP contribution is 2.35. The van der Waals surface area contributed by atoms with E-state index in [9.17, 15) is 13.2 Å². The fourth-order valence-corrected chi connectivity index (χ4v) is 4.29. The van der Waals surface area contributed by atoms with Crippen molar-refractivity contribution in [3.63, 3.8) is 0 Å². The fourth-order valence-electron chi connectivity index (χ4n) is 2.52. The minimum Gasteiger partial charge on any atom is -0.476 e. The van der Waals surface area contributed by atoms with E-state index in [0.29, 0.717) is 22.6 Å². The van der Waals surface area contributed by atoms with Crippen LogP contribution >= 0.6 is 0 Å². The molecule has 1 aliphatic heterocycles. The largest absolute Gasteiger partial charge is 0.476 e. The molecule has 0 unspecified atom stereocenters. The second-order valence-corrected chi connectivity index (χ2v) is 6.75. The van der Waals surface area contributed by atoms with E-state index in [1.54, 1.807) is 25.2 Å². The third-order valence-electron chi connectivity index (χ3n) is 3.42. The lowest BCUT2D eigenvalue weighted by Gasteiger charge is -2.07. The maximum absolute atomic E-state index is 12.2. The second kappa shape index (κ2) is 4.17. The molecule has 1 aliphatic rings. The van der Waals surface area contributed by atoms with Crippen molar-refractivity contribution in [2.24, 2.45) is 7.05 Å². The number of aryl methyl sites for hydroxylation is 2. The summed E-state index contributed by atoms with van der Waals surface area (Å²) >= 11 is 0. The zero-order chi connectivity index (χ0) is 14.5. The number of fused-ring (bicyclic) bond motifs is 1. The first-order valence-corrected chi connectivity index (χ1v) is 7.68. The first-order valence-electron chi connectivity index (χ1n) is 6.02. The Kier molecular flexibility index (Phi) is 2.68. The maximum atomic E-state index is 12.2. The maximum Gasteiger partial charge on any atom is 0.356 e. The van der Waals surface area contributed by atoms with Gasteiger partial charge in [-0.05, 0) is 18.1 Å². The molecule has 0 bridgehead atoms. The molecule has 0 fully saturated rings. The van der Waals surface area contributed by atoms with Gasteiger partial charge in [0.05, 0.1) is 16.3 Å². The molecule has 0 aliphatic carbocycles. The first kappa shape index (κ1) is 12.9. The lowest BCUT2D eigenvalue weighted by molar-refractivity contribution is 0.0689. The molecule has 0 radical (unpaired) electrons. The van der Waals surface area contributed by atoms with E-state index < -0.39 is 15.8 Å². The quantitative estimate of drug-likeness (QED) is 0.895. The standard InChI is InChI=1S/C13H12N2O4S/c1-15-11(7-10(14-15)13(16)17)9-4-2-3-8-5-6-20(18,19)12(8)9/h2-4,7H,5-6H2,1H3,(H,16,17). The first-order chi connectivity index (χ1) is 9.40. The molecule has 7 heteroatoms. The number of rotatable bonds is 2. The summed E-state index contributed by atoms with van der Waals surface area (Å²) in [4.78, 5) is 11.3. The molecule has 3 rings (SSSR count). The van der Waals surface area contributed by atoms with Crippen LogP contribution in [0.3, 0.4) is 0 Å². The van der Waals surface area contributed by atoms with E-state index >= 15 is 0 Å².